The van der Waals surface area contributed by atoms with Crippen LogP contribution in [0.5, 0.6) is 0 Å². The quantitative estimate of drug-likeness (QED) is 0.766. The van der Waals surface area contributed by atoms with Crippen LogP contribution in [-0.2, 0) is 16.0 Å². The Morgan fingerprint density at radius 2 is 1.71 bits per heavy atom. The number of hydrogen-bond donors (Lipinski definition) is 2. The summed E-state index contributed by atoms with van der Waals surface area (Å²) in [6, 6.07) is 18.1. The number of carbonyl (C=O) groups excluding carboxylic acids is 2. The molecular formula is C23H29N3O2. The molecule has 0 unspecified atom stereocenters. The predicted octanol–water partition coefficient (Wildman–Crippen LogP) is 3.93. The van der Waals surface area contributed by atoms with Crippen molar-refractivity contribution in [2.45, 2.75) is 32.6 Å². The molecule has 1 fully saturated rings. The van der Waals surface area contributed by atoms with Crippen molar-refractivity contribution in [3.8, 4) is 0 Å². The SMILES string of the molecule is CC(=O)Nc1cccc(NCCC(=O)N2CCC(Cc3ccccc3)CC2)c1. The predicted molar refractivity (Wildman–Crippen MR) is 113 cm³/mol. The van der Waals surface area contributed by atoms with E-state index in [9.17, 15) is 9.59 Å². The van der Waals surface area contributed by atoms with Gasteiger partial charge in [-0.1, -0.05) is 36.4 Å². The number of benzene rings is 2. The van der Waals surface area contributed by atoms with Crippen LogP contribution < -0.4 is 10.6 Å². The molecule has 0 radical (unpaired) electrons. The van der Waals surface area contributed by atoms with Crippen molar-refractivity contribution in [2.75, 3.05) is 30.3 Å². The lowest BCUT2D eigenvalue weighted by Crippen LogP contribution is -2.39. The van der Waals surface area contributed by atoms with E-state index in [0.29, 0.717) is 18.9 Å². The highest BCUT2D eigenvalue weighted by molar-refractivity contribution is 5.89. The smallest absolute Gasteiger partial charge is 0.224 e. The maximum absolute atomic E-state index is 12.5. The summed E-state index contributed by atoms with van der Waals surface area (Å²) in [6.45, 7) is 3.79. The second-order valence-electron chi connectivity index (χ2n) is 7.45. The molecule has 5 heteroatoms. The first-order valence-electron chi connectivity index (χ1n) is 10.0. The number of carbonyl (C=O) groups is 2. The summed E-state index contributed by atoms with van der Waals surface area (Å²) in [4.78, 5) is 25.6. The maximum Gasteiger partial charge on any atom is 0.224 e. The van der Waals surface area contributed by atoms with E-state index in [1.807, 2.05) is 29.2 Å². The first-order chi connectivity index (χ1) is 13.6. The average Bonchev–Trinajstić information content (AvgIpc) is 2.69. The van der Waals surface area contributed by atoms with E-state index in [1.54, 1.807) is 0 Å². The molecule has 1 heterocycles. The molecule has 0 aliphatic carbocycles. The standard InChI is InChI=1S/C23H29N3O2/c1-18(27)25-22-9-5-8-21(17-22)24-13-10-23(28)26-14-11-20(12-15-26)16-19-6-3-2-4-7-19/h2-9,17,20,24H,10-16H2,1H3,(H,25,27). The second kappa shape index (κ2) is 9.93. The Labute approximate surface area is 167 Å². The summed E-state index contributed by atoms with van der Waals surface area (Å²) in [6.07, 6.45) is 3.74. The Balaban J connectivity index is 1.38. The number of piperidine rings is 1. The molecule has 0 saturated carbocycles. The van der Waals surface area contributed by atoms with E-state index in [-0.39, 0.29) is 11.8 Å². The lowest BCUT2D eigenvalue weighted by Gasteiger charge is -2.32. The van der Waals surface area contributed by atoms with E-state index in [0.717, 1.165) is 43.7 Å². The van der Waals surface area contributed by atoms with Gasteiger partial charge in [0, 0.05) is 44.4 Å². The summed E-state index contributed by atoms with van der Waals surface area (Å²) in [5, 5.41) is 6.03. The number of hydrogen-bond acceptors (Lipinski definition) is 3. The van der Waals surface area contributed by atoms with Crippen LogP contribution in [0, 0.1) is 5.92 Å². The Morgan fingerprint density at radius 3 is 2.43 bits per heavy atom. The van der Waals surface area contributed by atoms with Crippen molar-refractivity contribution in [1.29, 1.82) is 0 Å². The Kier molecular flexibility index (Phi) is 7.06. The molecule has 0 spiro atoms. The third-order valence-electron chi connectivity index (χ3n) is 5.19. The van der Waals surface area contributed by atoms with Gasteiger partial charge in [-0.15, -0.1) is 0 Å². The molecule has 3 rings (SSSR count). The van der Waals surface area contributed by atoms with Crippen molar-refractivity contribution in [3.63, 3.8) is 0 Å². The number of anilines is 2. The highest BCUT2D eigenvalue weighted by atomic mass is 16.2. The number of likely N-dealkylation sites (tertiary alicyclic amines) is 1. The van der Waals surface area contributed by atoms with Crippen molar-refractivity contribution >= 4 is 23.2 Å². The fourth-order valence-corrected chi connectivity index (χ4v) is 3.72. The normalized spacial score (nSPS) is 14.5. The van der Waals surface area contributed by atoms with Gasteiger partial charge in [-0.3, -0.25) is 9.59 Å². The summed E-state index contributed by atoms with van der Waals surface area (Å²) >= 11 is 0. The number of nitrogens with one attached hydrogen (secondary N) is 2. The Morgan fingerprint density at radius 1 is 1.00 bits per heavy atom. The molecule has 2 aromatic carbocycles. The van der Waals surface area contributed by atoms with Gasteiger partial charge >= 0.3 is 0 Å². The van der Waals surface area contributed by atoms with Gasteiger partial charge in [-0.05, 0) is 48.9 Å². The van der Waals surface area contributed by atoms with Crippen LogP contribution in [0.3, 0.4) is 0 Å². The van der Waals surface area contributed by atoms with Gasteiger partial charge in [0.2, 0.25) is 11.8 Å². The fourth-order valence-electron chi connectivity index (χ4n) is 3.72. The van der Waals surface area contributed by atoms with Crippen LogP contribution in [0.2, 0.25) is 0 Å². The van der Waals surface area contributed by atoms with Crippen LogP contribution in [0.1, 0.15) is 31.7 Å². The minimum atomic E-state index is -0.0944. The Hall–Kier alpha value is -2.82. The minimum Gasteiger partial charge on any atom is -0.384 e. The molecule has 1 aliphatic rings. The molecule has 148 valence electrons. The first kappa shape index (κ1) is 19.9. The van der Waals surface area contributed by atoms with Crippen LogP contribution in [-0.4, -0.2) is 36.3 Å². The van der Waals surface area contributed by atoms with Crippen molar-refractivity contribution in [1.82, 2.24) is 4.90 Å². The van der Waals surface area contributed by atoms with Crippen LogP contribution in [0.4, 0.5) is 11.4 Å². The van der Waals surface area contributed by atoms with Crippen molar-refractivity contribution in [2.24, 2.45) is 5.92 Å². The Bertz CT molecular complexity index is 783. The zero-order chi connectivity index (χ0) is 19.8. The number of amides is 2. The lowest BCUT2D eigenvalue weighted by molar-refractivity contribution is -0.132. The number of nitrogens with zero attached hydrogens (tertiary/aromatic N) is 1. The molecule has 2 N–H and O–H groups in total. The molecule has 0 aromatic heterocycles. The van der Waals surface area contributed by atoms with E-state index >= 15 is 0 Å². The van der Waals surface area contributed by atoms with Crippen molar-refractivity contribution in [3.05, 3.63) is 60.2 Å². The van der Waals surface area contributed by atoms with E-state index < -0.39 is 0 Å². The van der Waals surface area contributed by atoms with Gasteiger partial charge in [0.25, 0.3) is 0 Å². The molecule has 0 bridgehead atoms. The summed E-state index contributed by atoms with van der Waals surface area (Å²) in [7, 11) is 0. The fraction of sp³-hybridized carbons (Fsp3) is 0.391. The monoisotopic (exact) mass is 379 g/mol. The molecule has 1 aliphatic heterocycles. The van der Waals surface area contributed by atoms with Crippen LogP contribution in [0.25, 0.3) is 0 Å². The maximum atomic E-state index is 12.5. The van der Waals surface area contributed by atoms with Crippen LogP contribution >= 0.6 is 0 Å². The first-order valence-corrected chi connectivity index (χ1v) is 10.0. The van der Waals surface area contributed by atoms with E-state index in [1.165, 1.54) is 12.5 Å². The lowest BCUT2D eigenvalue weighted by atomic mass is 9.90. The summed E-state index contributed by atoms with van der Waals surface area (Å²) in [5.41, 5.74) is 3.04. The van der Waals surface area contributed by atoms with Gasteiger partial charge in [0.15, 0.2) is 0 Å². The zero-order valence-electron chi connectivity index (χ0n) is 16.5. The largest absolute Gasteiger partial charge is 0.384 e. The van der Waals surface area contributed by atoms with E-state index in [4.69, 9.17) is 0 Å². The summed E-state index contributed by atoms with van der Waals surface area (Å²) < 4.78 is 0. The highest BCUT2D eigenvalue weighted by Crippen LogP contribution is 2.22. The zero-order valence-corrected chi connectivity index (χ0v) is 16.5. The minimum absolute atomic E-state index is 0.0944. The van der Waals surface area contributed by atoms with Gasteiger partial charge in [-0.2, -0.15) is 0 Å². The second-order valence-corrected chi connectivity index (χ2v) is 7.45. The molecule has 2 aromatic rings. The summed E-state index contributed by atoms with van der Waals surface area (Å²) in [5.74, 6) is 0.785. The third-order valence-corrected chi connectivity index (χ3v) is 5.19. The van der Waals surface area contributed by atoms with Crippen LogP contribution in [0.15, 0.2) is 54.6 Å². The molecule has 1 saturated heterocycles. The highest BCUT2D eigenvalue weighted by Gasteiger charge is 2.22. The molecule has 5 nitrogen and oxygen atoms in total. The van der Waals surface area contributed by atoms with Gasteiger partial charge in [0.05, 0.1) is 0 Å². The van der Waals surface area contributed by atoms with Crippen molar-refractivity contribution < 1.29 is 9.59 Å². The molecule has 2 amide bonds. The topological polar surface area (TPSA) is 61.4 Å². The molecule has 0 atom stereocenters. The van der Waals surface area contributed by atoms with Gasteiger partial charge in [0.1, 0.15) is 0 Å². The average molecular weight is 380 g/mol. The molecule has 28 heavy (non-hydrogen) atoms. The number of rotatable bonds is 7. The van der Waals surface area contributed by atoms with E-state index in [2.05, 4.69) is 41.0 Å². The molecular weight excluding hydrogens is 350 g/mol. The third kappa shape index (κ3) is 6.12. The van der Waals surface area contributed by atoms with Gasteiger partial charge in [-0.25, -0.2) is 0 Å². The van der Waals surface area contributed by atoms with Gasteiger partial charge < -0.3 is 15.5 Å².